The number of hydrogen-bond acceptors (Lipinski definition) is 3. The smallest absolute Gasteiger partial charge is 0.0594 e. The SMILES string of the molecule is C=C(C(C)C)N(C)C.CCN1CCOCC1. The molecule has 0 aliphatic carbocycles. The summed E-state index contributed by atoms with van der Waals surface area (Å²) >= 11 is 0. The topological polar surface area (TPSA) is 15.7 Å². The number of nitrogens with zero attached hydrogens (tertiary/aromatic N) is 2. The fraction of sp³-hybridized carbons (Fsp3) is 0.846. The molecule has 0 unspecified atom stereocenters. The fourth-order valence-electron chi connectivity index (χ4n) is 1.43. The van der Waals surface area contributed by atoms with Crippen molar-refractivity contribution in [2.24, 2.45) is 5.92 Å². The van der Waals surface area contributed by atoms with Crippen LogP contribution in [-0.4, -0.2) is 56.7 Å². The van der Waals surface area contributed by atoms with Crippen LogP contribution in [0.15, 0.2) is 12.3 Å². The average molecular weight is 228 g/mol. The van der Waals surface area contributed by atoms with Crippen LogP contribution in [0.3, 0.4) is 0 Å². The normalized spacial score (nSPS) is 16.6. The lowest BCUT2D eigenvalue weighted by molar-refractivity contribution is 0.0405. The Hall–Kier alpha value is -0.540. The molecule has 1 saturated heterocycles. The molecule has 1 aliphatic rings. The maximum absolute atomic E-state index is 5.16. The summed E-state index contributed by atoms with van der Waals surface area (Å²) in [5.41, 5.74) is 1.19. The Balaban J connectivity index is 0.000000281. The van der Waals surface area contributed by atoms with Crippen LogP contribution in [0.2, 0.25) is 0 Å². The van der Waals surface area contributed by atoms with Gasteiger partial charge in [0.1, 0.15) is 0 Å². The van der Waals surface area contributed by atoms with Gasteiger partial charge >= 0.3 is 0 Å². The maximum Gasteiger partial charge on any atom is 0.0594 e. The van der Waals surface area contributed by atoms with E-state index in [0.29, 0.717) is 5.92 Å². The van der Waals surface area contributed by atoms with E-state index < -0.39 is 0 Å². The zero-order chi connectivity index (χ0) is 12.6. The third-order valence-corrected chi connectivity index (χ3v) is 2.79. The van der Waals surface area contributed by atoms with Crippen LogP contribution in [0.5, 0.6) is 0 Å². The van der Waals surface area contributed by atoms with E-state index in [2.05, 4.69) is 32.3 Å². The summed E-state index contributed by atoms with van der Waals surface area (Å²) in [4.78, 5) is 4.44. The van der Waals surface area contributed by atoms with Crippen LogP contribution < -0.4 is 0 Å². The van der Waals surface area contributed by atoms with Crippen molar-refractivity contribution in [3.8, 4) is 0 Å². The highest BCUT2D eigenvalue weighted by Gasteiger charge is 2.05. The third kappa shape index (κ3) is 6.85. The maximum atomic E-state index is 5.16. The highest BCUT2D eigenvalue weighted by Crippen LogP contribution is 2.07. The second-order valence-electron chi connectivity index (χ2n) is 4.59. The van der Waals surface area contributed by atoms with Gasteiger partial charge in [-0.3, -0.25) is 4.90 Å². The molecule has 1 heterocycles. The van der Waals surface area contributed by atoms with E-state index in [4.69, 9.17) is 4.74 Å². The fourth-order valence-corrected chi connectivity index (χ4v) is 1.43. The Kier molecular flexibility index (Phi) is 8.30. The Morgan fingerprint density at radius 2 is 1.81 bits per heavy atom. The molecule has 16 heavy (non-hydrogen) atoms. The lowest BCUT2D eigenvalue weighted by atomic mass is 10.1. The summed E-state index contributed by atoms with van der Waals surface area (Å²) in [5, 5.41) is 0. The van der Waals surface area contributed by atoms with Gasteiger partial charge in [-0.25, -0.2) is 0 Å². The molecule has 0 amide bonds. The van der Waals surface area contributed by atoms with Gasteiger partial charge in [0.15, 0.2) is 0 Å². The largest absolute Gasteiger partial charge is 0.381 e. The Morgan fingerprint density at radius 3 is 2.00 bits per heavy atom. The molecular formula is C13H28N2O. The second kappa shape index (κ2) is 8.59. The lowest BCUT2D eigenvalue weighted by Gasteiger charge is -2.24. The minimum Gasteiger partial charge on any atom is -0.381 e. The first kappa shape index (κ1) is 15.5. The zero-order valence-electron chi connectivity index (χ0n) is 11.6. The first-order valence-corrected chi connectivity index (χ1v) is 6.15. The molecule has 3 nitrogen and oxygen atoms in total. The number of morpholine rings is 1. The van der Waals surface area contributed by atoms with Crippen molar-refractivity contribution in [1.82, 2.24) is 9.80 Å². The van der Waals surface area contributed by atoms with Crippen molar-refractivity contribution in [2.75, 3.05) is 46.9 Å². The highest BCUT2D eigenvalue weighted by molar-refractivity contribution is 4.93. The molecule has 0 spiro atoms. The zero-order valence-corrected chi connectivity index (χ0v) is 11.6. The van der Waals surface area contributed by atoms with Gasteiger partial charge in [0.25, 0.3) is 0 Å². The lowest BCUT2D eigenvalue weighted by Crippen LogP contribution is -2.35. The van der Waals surface area contributed by atoms with E-state index >= 15 is 0 Å². The Labute approximate surface area is 101 Å². The van der Waals surface area contributed by atoms with E-state index in [9.17, 15) is 0 Å². The summed E-state index contributed by atoms with van der Waals surface area (Å²) in [6.07, 6.45) is 0. The average Bonchev–Trinajstić information content (AvgIpc) is 2.29. The number of likely N-dealkylation sites (N-methyl/N-ethyl adjacent to an activating group) is 1. The van der Waals surface area contributed by atoms with Crippen LogP contribution >= 0.6 is 0 Å². The van der Waals surface area contributed by atoms with Crippen molar-refractivity contribution in [1.29, 1.82) is 0 Å². The molecule has 96 valence electrons. The molecule has 0 aromatic heterocycles. The van der Waals surface area contributed by atoms with Gasteiger partial charge in [0, 0.05) is 32.9 Å². The van der Waals surface area contributed by atoms with Crippen molar-refractivity contribution < 1.29 is 4.74 Å². The summed E-state index contributed by atoms with van der Waals surface area (Å²) < 4.78 is 5.16. The minimum absolute atomic E-state index is 0.574. The highest BCUT2D eigenvalue weighted by atomic mass is 16.5. The van der Waals surface area contributed by atoms with E-state index in [0.717, 1.165) is 26.3 Å². The standard InChI is InChI=1S/C7H15N.C6H13NO/c1-6(2)7(3)8(4)5;1-2-7-3-5-8-6-4-7/h6H,3H2,1-2,4-5H3;2-6H2,1H3. The van der Waals surface area contributed by atoms with Gasteiger partial charge in [-0.05, 0) is 12.5 Å². The molecule has 0 aromatic rings. The van der Waals surface area contributed by atoms with Crippen molar-refractivity contribution in [3.05, 3.63) is 12.3 Å². The first-order valence-electron chi connectivity index (χ1n) is 6.15. The number of allylic oxidation sites excluding steroid dienone is 1. The summed E-state index contributed by atoms with van der Waals surface area (Å²) in [5.74, 6) is 0.574. The third-order valence-electron chi connectivity index (χ3n) is 2.79. The number of hydrogen-bond donors (Lipinski definition) is 0. The number of rotatable bonds is 3. The monoisotopic (exact) mass is 228 g/mol. The van der Waals surface area contributed by atoms with Crippen LogP contribution in [0, 0.1) is 5.92 Å². The first-order chi connectivity index (χ1) is 7.49. The molecule has 0 saturated carbocycles. The molecule has 0 N–H and O–H groups in total. The summed E-state index contributed by atoms with van der Waals surface area (Å²) in [6.45, 7) is 15.6. The van der Waals surface area contributed by atoms with Crippen molar-refractivity contribution in [2.45, 2.75) is 20.8 Å². The predicted molar refractivity (Wildman–Crippen MR) is 70.6 cm³/mol. The van der Waals surface area contributed by atoms with Gasteiger partial charge in [0.2, 0.25) is 0 Å². The van der Waals surface area contributed by atoms with Crippen LogP contribution in [-0.2, 0) is 4.74 Å². The molecule has 1 fully saturated rings. The van der Waals surface area contributed by atoms with E-state index in [-0.39, 0.29) is 0 Å². The van der Waals surface area contributed by atoms with E-state index in [1.807, 2.05) is 19.0 Å². The predicted octanol–water partition coefficient (Wildman–Crippen LogP) is 2.06. The molecule has 0 radical (unpaired) electrons. The van der Waals surface area contributed by atoms with Gasteiger partial charge in [-0.1, -0.05) is 27.4 Å². The summed E-state index contributed by atoms with van der Waals surface area (Å²) in [6, 6.07) is 0. The Morgan fingerprint density at radius 1 is 1.31 bits per heavy atom. The van der Waals surface area contributed by atoms with Gasteiger partial charge < -0.3 is 9.64 Å². The van der Waals surface area contributed by atoms with E-state index in [1.165, 1.54) is 12.2 Å². The van der Waals surface area contributed by atoms with Crippen LogP contribution in [0.25, 0.3) is 0 Å². The molecule has 1 rings (SSSR count). The second-order valence-corrected chi connectivity index (χ2v) is 4.59. The quantitative estimate of drug-likeness (QED) is 0.735. The van der Waals surface area contributed by atoms with Crippen LogP contribution in [0.1, 0.15) is 20.8 Å². The molecule has 0 bridgehead atoms. The molecule has 1 aliphatic heterocycles. The van der Waals surface area contributed by atoms with Gasteiger partial charge in [-0.15, -0.1) is 0 Å². The number of ether oxygens (including phenoxy) is 1. The summed E-state index contributed by atoms with van der Waals surface area (Å²) in [7, 11) is 4.03. The van der Waals surface area contributed by atoms with E-state index in [1.54, 1.807) is 0 Å². The van der Waals surface area contributed by atoms with Crippen molar-refractivity contribution >= 4 is 0 Å². The Bertz CT molecular complexity index is 174. The minimum atomic E-state index is 0.574. The van der Waals surface area contributed by atoms with Gasteiger partial charge in [-0.2, -0.15) is 0 Å². The molecular weight excluding hydrogens is 200 g/mol. The molecule has 0 atom stereocenters. The van der Waals surface area contributed by atoms with Crippen molar-refractivity contribution in [3.63, 3.8) is 0 Å². The van der Waals surface area contributed by atoms with Gasteiger partial charge in [0.05, 0.1) is 13.2 Å². The molecule has 3 heteroatoms. The molecule has 0 aromatic carbocycles. The van der Waals surface area contributed by atoms with Crippen LogP contribution in [0.4, 0.5) is 0 Å².